The van der Waals surface area contributed by atoms with Crippen LogP contribution in [0.5, 0.6) is 5.75 Å². The smallest absolute Gasteiger partial charge is 0.256 e. The van der Waals surface area contributed by atoms with Crippen molar-refractivity contribution >= 4 is 11.9 Å². The molecule has 1 aromatic rings. The summed E-state index contributed by atoms with van der Waals surface area (Å²) >= 11 is 0. The fraction of sp³-hybridized carbons (Fsp3) is 0.429. The molecule has 3 rings (SSSR count). The summed E-state index contributed by atoms with van der Waals surface area (Å²) in [4.78, 5) is 16.3. The van der Waals surface area contributed by atoms with Crippen LogP contribution in [0.3, 0.4) is 0 Å². The molecule has 1 aromatic carbocycles. The highest BCUT2D eigenvalue weighted by Crippen LogP contribution is 2.25. The standard InChI is InChI=1S/C14H17N3O2/c1-2-19-11-7-3-9(4-8-11)12-13(18)17-14(16-12)15-10-5-6-10/h3-4,7-8,10,12H,2,5-6H2,1H3,(H2,15,16,17,18). The lowest BCUT2D eigenvalue weighted by molar-refractivity contribution is -0.120. The summed E-state index contributed by atoms with van der Waals surface area (Å²) < 4.78 is 5.38. The Morgan fingerprint density at radius 3 is 2.74 bits per heavy atom. The first-order valence-electron chi connectivity index (χ1n) is 6.64. The van der Waals surface area contributed by atoms with Gasteiger partial charge in [-0.25, -0.2) is 4.99 Å². The Kier molecular flexibility index (Phi) is 3.11. The van der Waals surface area contributed by atoms with Crippen LogP contribution >= 0.6 is 0 Å². The number of guanidine groups is 1. The summed E-state index contributed by atoms with van der Waals surface area (Å²) in [6.45, 7) is 2.58. The van der Waals surface area contributed by atoms with Crippen molar-refractivity contribution < 1.29 is 9.53 Å². The van der Waals surface area contributed by atoms with E-state index in [1.807, 2.05) is 31.2 Å². The molecule has 0 radical (unpaired) electrons. The summed E-state index contributed by atoms with van der Waals surface area (Å²) in [5, 5.41) is 5.99. The molecule has 0 bridgehead atoms. The normalized spacial score (nSPS) is 21.8. The number of nitrogens with zero attached hydrogens (tertiary/aromatic N) is 1. The number of carbonyl (C=O) groups excluding carboxylic acids is 1. The number of aliphatic imine (C=N–C) groups is 1. The van der Waals surface area contributed by atoms with Gasteiger partial charge in [0.05, 0.1) is 6.61 Å². The summed E-state index contributed by atoms with van der Waals surface area (Å²) in [5.74, 6) is 1.34. The molecule has 1 fully saturated rings. The number of hydrogen-bond donors (Lipinski definition) is 2. The maximum absolute atomic E-state index is 11.9. The van der Waals surface area contributed by atoms with E-state index in [0.717, 1.165) is 24.2 Å². The largest absolute Gasteiger partial charge is 0.494 e. The Bertz CT molecular complexity index is 506. The minimum atomic E-state index is -0.447. The van der Waals surface area contributed by atoms with Gasteiger partial charge in [0.25, 0.3) is 5.91 Å². The molecule has 0 saturated heterocycles. The van der Waals surface area contributed by atoms with Gasteiger partial charge in [-0.15, -0.1) is 0 Å². The van der Waals surface area contributed by atoms with Crippen molar-refractivity contribution in [2.75, 3.05) is 6.61 Å². The van der Waals surface area contributed by atoms with Crippen LogP contribution in [-0.2, 0) is 4.79 Å². The molecular formula is C14H17N3O2. The van der Waals surface area contributed by atoms with Crippen LogP contribution in [0, 0.1) is 0 Å². The Morgan fingerprint density at radius 2 is 2.11 bits per heavy atom. The third-order valence-corrected chi connectivity index (χ3v) is 3.17. The van der Waals surface area contributed by atoms with Crippen LogP contribution in [0.2, 0.25) is 0 Å². The Morgan fingerprint density at radius 1 is 1.37 bits per heavy atom. The lowest BCUT2D eigenvalue weighted by Crippen LogP contribution is -2.37. The van der Waals surface area contributed by atoms with Gasteiger partial charge >= 0.3 is 0 Å². The summed E-state index contributed by atoms with van der Waals surface area (Å²) in [6, 6.07) is 7.55. The van der Waals surface area contributed by atoms with E-state index in [1.165, 1.54) is 0 Å². The Hall–Kier alpha value is -2.04. The van der Waals surface area contributed by atoms with E-state index in [1.54, 1.807) is 0 Å². The first kappa shape index (κ1) is 12.0. The number of nitrogens with one attached hydrogen (secondary N) is 2. The quantitative estimate of drug-likeness (QED) is 0.858. The Balaban J connectivity index is 1.73. The molecular weight excluding hydrogens is 242 g/mol. The lowest BCUT2D eigenvalue weighted by atomic mass is 10.1. The van der Waals surface area contributed by atoms with Crippen LogP contribution in [0.4, 0.5) is 0 Å². The molecule has 0 spiro atoms. The number of carbonyl (C=O) groups is 1. The van der Waals surface area contributed by atoms with E-state index in [-0.39, 0.29) is 5.91 Å². The van der Waals surface area contributed by atoms with Crippen molar-refractivity contribution in [3.05, 3.63) is 29.8 Å². The van der Waals surface area contributed by atoms with Gasteiger partial charge in [0.2, 0.25) is 0 Å². The minimum Gasteiger partial charge on any atom is -0.494 e. The number of rotatable bonds is 4. The van der Waals surface area contributed by atoms with Crippen molar-refractivity contribution in [1.29, 1.82) is 0 Å². The fourth-order valence-corrected chi connectivity index (χ4v) is 2.04. The highest BCUT2D eigenvalue weighted by Gasteiger charge is 2.31. The molecule has 19 heavy (non-hydrogen) atoms. The van der Waals surface area contributed by atoms with Gasteiger partial charge in [-0.3, -0.25) is 10.1 Å². The molecule has 2 aliphatic rings. The third-order valence-electron chi connectivity index (χ3n) is 3.17. The van der Waals surface area contributed by atoms with Gasteiger partial charge < -0.3 is 10.1 Å². The van der Waals surface area contributed by atoms with Crippen molar-refractivity contribution in [3.63, 3.8) is 0 Å². The molecule has 5 heteroatoms. The molecule has 1 unspecified atom stereocenters. The van der Waals surface area contributed by atoms with Crippen LogP contribution in [0.1, 0.15) is 31.4 Å². The van der Waals surface area contributed by atoms with Gasteiger partial charge in [0, 0.05) is 6.04 Å². The average molecular weight is 259 g/mol. The molecule has 1 aliphatic carbocycles. The zero-order valence-electron chi connectivity index (χ0n) is 10.8. The highest BCUT2D eigenvalue weighted by molar-refractivity contribution is 6.05. The number of ether oxygens (including phenoxy) is 1. The van der Waals surface area contributed by atoms with Gasteiger partial charge in [0.15, 0.2) is 12.0 Å². The van der Waals surface area contributed by atoms with Crippen LogP contribution in [-0.4, -0.2) is 24.5 Å². The predicted molar refractivity (Wildman–Crippen MR) is 72.1 cm³/mol. The first-order chi connectivity index (χ1) is 9.26. The zero-order chi connectivity index (χ0) is 13.2. The zero-order valence-corrected chi connectivity index (χ0v) is 10.8. The fourth-order valence-electron chi connectivity index (χ4n) is 2.04. The molecule has 2 N–H and O–H groups in total. The monoisotopic (exact) mass is 259 g/mol. The number of benzene rings is 1. The van der Waals surface area contributed by atoms with Crippen LogP contribution in [0.25, 0.3) is 0 Å². The maximum Gasteiger partial charge on any atom is 0.256 e. The van der Waals surface area contributed by atoms with Crippen molar-refractivity contribution in [3.8, 4) is 5.75 Å². The van der Waals surface area contributed by atoms with E-state index >= 15 is 0 Å². The van der Waals surface area contributed by atoms with Gasteiger partial charge in [-0.2, -0.15) is 0 Å². The summed E-state index contributed by atoms with van der Waals surface area (Å²) in [5.41, 5.74) is 0.883. The van der Waals surface area contributed by atoms with Gasteiger partial charge in [-0.05, 0) is 37.5 Å². The molecule has 1 saturated carbocycles. The second-order valence-corrected chi connectivity index (χ2v) is 4.79. The van der Waals surface area contributed by atoms with Gasteiger partial charge in [-0.1, -0.05) is 12.1 Å². The van der Waals surface area contributed by atoms with Crippen LogP contribution in [0.15, 0.2) is 29.3 Å². The molecule has 1 atom stereocenters. The molecule has 1 heterocycles. The molecule has 5 nitrogen and oxygen atoms in total. The highest BCUT2D eigenvalue weighted by atomic mass is 16.5. The Labute approximate surface area is 112 Å². The van der Waals surface area contributed by atoms with Crippen LogP contribution < -0.4 is 15.4 Å². The molecule has 0 aromatic heterocycles. The second-order valence-electron chi connectivity index (χ2n) is 4.79. The number of amides is 1. The second kappa shape index (κ2) is 4.91. The lowest BCUT2D eigenvalue weighted by Gasteiger charge is -2.06. The molecule has 100 valence electrons. The number of hydrogen-bond acceptors (Lipinski definition) is 4. The van der Waals surface area contributed by atoms with Crippen molar-refractivity contribution in [2.45, 2.75) is 31.8 Å². The maximum atomic E-state index is 11.9. The van der Waals surface area contributed by atoms with E-state index in [4.69, 9.17) is 4.74 Å². The topological polar surface area (TPSA) is 62.7 Å². The van der Waals surface area contributed by atoms with E-state index in [0.29, 0.717) is 18.6 Å². The van der Waals surface area contributed by atoms with E-state index in [2.05, 4.69) is 15.6 Å². The predicted octanol–water partition coefficient (Wildman–Crippen LogP) is 1.36. The summed E-state index contributed by atoms with van der Waals surface area (Å²) in [6.07, 6.45) is 2.31. The molecule has 1 amide bonds. The van der Waals surface area contributed by atoms with E-state index in [9.17, 15) is 4.79 Å². The van der Waals surface area contributed by atoms with E-state index < -0.39 is 6.04 Å². The third kappa shape index (κ3) is 2.70. The molecule has 1 aliphatic heterocycles. The van der Waals surface area contributed by atoms with Crippen molar-refractivity contribution in [2.24, 2.45) is 4.99 Å². The average Bonchev–Trinajstić information content (AvgIpc) is 3.14. The minimum absolute atomic E-state index is 0.0766. The summed E-state index contributed by atoms with van der Waals surface area (Å²) in [7, 11) is 0. The SMILES string of the molecule is CCOc1ccc(C2N=C(NC3CC3)NC2=O)cc1. The van der Waals surface area contributed by atoms with Crippen molar-refractivity contribution in [1.82, 2.24) is 10.6 Å². The first-order valence-corrected chi connectivity index (χ1v) is 6.64. The van der Waals surface area contributed by atoms with Gasteiger partial charge in [0.1, 0.15) is 5.75 Å².